The number of hydrogen-bond donors (Lipinski definition) is 5. The van der Waals surface area contributed by atoms with Crippen LogP contribution in [0, 0.1) is 0 Å². The number of primary amides is 1. The van der Waals surface area contributed by atoms with Crippen LogP contribution >= 0.6 is 23.2 Å². The summed E-state index contributed by atoms with van der Waals surface area (Å²) in [6.45, 7) is 0. The summed E-state index contributed by atoms with van der Waals surface area (Å²) in [6, 6.07) is 15.5. The predicted molar refractivity (Wildman–Crippen MR) is 119 cm³/mol. The number of nitrogens with one attached hydrogen (secondary N) is 2. The molecule has 2 atom stereocenters. The van der Waals surface area contributed by atoms with Crippen LogP contribution < -0.4 is 16.4 Å². The molecular formula is C22H17Cl2N3O4. The quantitative estimate of drug-likeness (QED) is 0.387. The van der Waals surface area contributed by atoms with E-state index in [0.717, 1.165) is 0 Å². The number of carboxylic acid groups (broad SMARTS) is 1. The molecule has 1 aliphatic heterocycles. The van der Waals surface area contributed by atoms with Crippen molar-refractivity contribution >= 4 is 46.5 Å². The molecule has 0 aliphatic carbocycles. The van der Waals surface area contributed by atoms with Crippen molar-refractivity contribution < 1.29 is 19.8 Å². The Morgan fingerprint density at radius 3 is 2.13 bits per heavy atom. The van der Waals surface area contributed by atoms with Gasteiger partial charge in [0, 0.05) is 15.6 Å². The molecular weight excluding hydrogens is 441 g/mol. The lowest BCUT2D eigenvalue weighted by molar-refractivity contribution is -0.120. The molecule has 0 aromatic heterocycles. The molecule has 0 spiro atoms. The summed E-state index contributed by atoms with van der Waals surface area (Å²) in [4.78, 5) is 24.2. The largest absolute Gasteiger partial charge is 0.508 e. The Kier molecular flexibility index (Phi) is 5.16. The van der Waals surface area contributed by atoms with Crippen molar-refractivity contribution in [3.63, 3.8) is 0 Å². The number of amides is 1. The molecule has 31 heavy (non-hydrogen) atoms. The van der Waals surface area contributed by atoms with Gasteiger partial charge in [-0.3, -0.25) is 4.79 Å². The van der Waals surface area contributed by atoms with Gasteiger partial charge in [0.1, 0.15) is 11.7 Å². The van der Waals surface area contributed by atoms with Crippen molar-refractivity contribution in [2.24, 2.45) is 5.73 Å². The maximum absolute atomic E-state index is 12.8. The van der Waals surface area contributed by atoms with E-state index >= 15 is 0 Å². The minimum atomic E-state index is -1.42. The molecule has 3 aromatic rings. The van der Waals surface area contributed by atoms with Gasteiger partial charge >= 0.3 is 5.97 Å². The van der Waals surface area contributed by atoms with Gasteiger partial charge in [-0.1, -0.05) is 41.4 Å². The molecule has 3 aromatic carbocycles. The number of carbonyl (C=O) groups excluding carboxylic acids is 1. The molecule has 0 radical (unpaired) electrons. The number of aromatic hydroxyl groups is 1. The molecule has 1 amide bonds. The van der Waals surface area contributed by atoms with Crippen molar-refractivity contribution in [2.45, 2.75) is 11.6 Å². The van der Waals surface area contributed by atoms with Gasteiger partial charge in [0.05, 0.1) is 16.9 Å². The molecule has 2 unspecified atom stereocenters. The number of carboxylic acids is 1. The van der Waals surface area contributed by atoms with Crippen LogP contribution in [0.2, 0.25) is 10.0 Å². The van der Waals surface area contributed by atoms with Gasteiger partial charge in [-0.05, 0) is 48.0 Å². The highest BCUT2D eigenvalue weighted by atomic mass is 35.5. The molecule has 4 rings (SSSR count). The first-order chi connectivity index (χ1) is 14.7. The fourth-order valence-electron chi connectivity index (χ4n) is 3.93. The Hall–Kier alpha value is -3.42. The lowest BCUT2D eigenvalue weighted by Gasteiger charge is -2.38. The summed E-state index contributed by atoms with van der Waals surface area (Å²) in [6.07, 6.45) is 0. The monoisotopic (exact) mass is 457 g/mol. The van der Waals surface area contributed by atoms with E-state index in [4.69, 9.17) is 28.9 Å². The number of phenolic OH excluding ortho intramolecular Hbond substituents is 1. The number of rotatable bonds is 5. The highest BCUT2D eigenvalue weighted by molar-refractivity contribution is 6.36. The van der Waals surface area contributed by atoms with Gasteiger partial charge in [0.25, 0.3) is 0 Å². The second-order valence-corrected chi connectivity index (χ2v) is 7.96. The first-order valence-corrected chi connectivity index (χ1v) is 9.95. The van der Waals surface area contributed by atoms with E-state index in [2.05, 4.69) is 10.6 Å². The Morgan fingerprint density at radius 1 is 0.935 bits per heavy atom. The number of hydrogen-bond acceptors (Lipinski definition) is 5. The molecule has 9 heteroatoms. The third-order valence-corrected chi connectivity index (χ3v) is 5.86. The van der Waals surface area contributed by atoms with Crippen LogP contribution in [-0.2, 0) is 10.5 Å². The average molecular weight is 458 g/mol. The number of aromatic carboxylic acids is 1. The molecule has 1 aliphatic rings. The number of carbonyl (C=O) groups is 2. The Labute approximate surface area is 187 Å². The van der Waals surface area contributed by atoms with Crippen LogP contribution in [0.15, 0.2) is 60.7 Å². The van der Waals surface area contributed by atoms with E-state index in [1.54, 1.807) is 36.4 Å². The summed E-state index contributed by atoms with van der Waals surface area (Å²) in [5.74, 6) is -2.79. The van der Waals surface area contributed by atoms with E-state index in [1.807, 2.05) is 0 Å². The third kappa shape index (κ3) is 3.52. The Morgan fingerprint density at radius 2 is 1.55 bits per heavy atom. The van der Waals surface area contributed by atoms with Gasteiger partial charge in [-0.25, -0.2) is 4.79 Å². The molecule has 7 nitrogen and oxygen atoms in total. The van der Waals surface area contributed by atoms with Gasteiger partial charge in [-0.15, -0.1) is 0 Å². The maximum Gasteiger partial charge on any atom is 0.335 e. The van der Waals surface area contributed by atoms with Crippen LogP contribution in [-0.4, -0.2) is 22.1 Å². The SMILES string of the molecule is NC(=O)C(c1ccc(O)cc1)C1(c2c(Cl)cccc2Cl)Nc2ccc(C(=O)O)cc2N1. The normalized spacial score (nSPS) is 17.9. The highest BCUT2D eigenvalue weighted by Crippen LogP contribution is 2.51. The number of benzene rings is 3. The van der Waals surface area contributed by atoms with Gasteiger partial charge < -0.3 is 26.6 Å². The summed E-state index contributed by atoms with van der Waals surface area (Å²) >= 11 is 13.1. The van der Waals surface area contributed by atoms with Crippen LogP contribution in [0.4, 0.5) is 11.4 Å². The van der Waals surface area contributed by atoms with E-state index in [0.29, 0.717) is 22.5 Å². The molecule has 0 bridgehead atoms. The first-order valence-electron chi connectivity index (χ1n) is 9.19. The average Bonchev–Trinajstić information content (AvgIpc) is 3.07. The standard InChI is InChI=1S/C22H17Cl2N3O4/c23-14-2-1-3-15(24)19(14)22(18(20(25)29)11-4-7-13(28)8-5-11)26-16-9-6-12(21(30)31)10-17(16)27-22/h1-10,18,26-28H,(H2,25,29)(H,30,31). The Balaban J connectivity index is 1.97. The first kappa shape index (κ1) is 20.8. The summed E-state index contributed by atoms with van der Waals surface area (Å²) in [5.41, 5.74) is 6.37. The fourth-order valence-corrected chi connectivity index (χ4v) is 4.62. The van der Waals surface area contributed by atoms with Gasteiger partial charge in [-0.2, -0.15) is 0 Å². The number of halogens is 2. The van der Waals surface area contributed by atoms with Gasteiger partial charge in [0.15, 0.2) is 5.66 Å². The van der Waals surface area contributed by atoms with Crippen molar-refractivity contribution in [3.8, 4) is 5.75 Å². The van der Waals surface area contributed by atoms with Crippen LogP contribution in [0.3, 0.4) is 0 Å². The molecule has 158 valence electrons. The molecule has 0 saturated heterocycles. The van der Waals surface area contributed by atoms with Crippen LogP contribution in [0.25, 0.3) is 0 Å². The maximum atomic E-state index is 12.8. The fraction of sp³-hybridized carbons (Fsp3) is 0.0909. The van der Waals surface area contributed by atoms with Crippen LogP contribution in [0.1, 0.15) is 27.4 Å². The molecule has 0 saturated carbocycles. The van der Waals surface area contributed by atoms with E-state index in [9.17, 15) is 19.8 Å². The lowest BCUT2D eigenvalue weighted by atomic mass is 9.80. The van der Waals surface area contributed by atoms with E-state index < -0.39 is 23.5 Å². The molecule has 6 N–H and O–H groups in total. The minimum absolute atomic E-state index is 0.0264. The zero-order chi connectivity index (χ0) is 22.3. The number of nitrogens with two attached hydrogens (primary N) is 1. The topological polar surface area (TPSA) is 125 Å². The van der Waals surface area contributed by atoms with Gasteiger partial charge in [0.2, 0.25) is 5.91 Å². The highest BCUT2D eigenvalue weighted by Gasteiger charge is 2.50. The number of fused-ring (bicyclic) bond motifs is 1. The summed E-state index contributed by atoms with van der Waals surface area (Å²) in [5, 5.41) is 26.1. The number of anilines is 2. The predicted octanol–water partition coefficient (Wildman–Crippen LogP) is 4.36. The zero-order valence-corrected chi connectivity index (χ0v) is 17.4. The lowest BCUT2D eigenvalue weighted by Crippen LogP contribution is -2.50. The zero-order valence-electron chi connectivity index (χ0n) is 15.9. The van der Waals surface area contributed by atoms with E-state index in [-0.39, 0.29) is 21.4 Å². The van der Waals surface area contributed by atoms with Crippen LogP contribution in [0.5, 0.6) is 5.75 Å². The third-order valence-electron chi connectivity index (χ3n) is 5.23. The molecule has 0 fully saturated rings. The number of phenols is 1. The van der Waals surface area contributed by atoms with E-state index in [1.165, 1.54) is 24.3 Å². The Bertz CT molecular complexity index is 1180. The van der Waals surface area contributed by atoms with Crippen molar-refractivity contribution in [2.75, 3.05) is 10.6 Å². The second-order valence-electron chi connectivity index (χ2n) is 7.15. The molecule has 1 heterocycles. The van der Waals surface area contributed by atoms with Crippen molar-refractivity contribution in [1.29, 1.82) is 0 Å². The second kappa shape index (κ2) is 7.68. The van der Waals surface area contributed by atoms with Crippen molar-refractivity contribution in [3.05, 3.63) is 87.4 Å². The summed E-state index contributed by atoms with van der Waals surface area (Å²) in [7, 11) is 0. The smallest absolute Gasteiger partial charge is 0.335 e. The summed E-state index contributed by atoms with van der Waals surface area (Å²) < 4.78 is 0. The van der Waals surface area contributed by atoms with Crippen molar-refractivity contribution in [1.82, 2.24) is 0 Å². The minimum Gasteiger partial charge on any atom is -0.508 e.